The van der Waals surface area contributed by atoms with E-state index in [1.54, 1.807) is 7.05 Å². The molecular weight excluding hydrogens is 302 g/mol. The van der Waals surface area contributed by atoms with Crippen LogP contribution in [0, 0.1) is 5.92 Å². The predicted molar refractivity (Wildman–Crippen MR) is 95.7 cm³/mol. The van der Waals surface area contributed by atoms with Crippen molar-refractivity contribution >= 4 is 11.8 Å². The van der Waals surface area contributed by atoms with Crippen molar-refractivity contribution in [2.45, 2.75) is 45.2 Å². The molecule has 1 aromatic rings. The van der Waals surface area contributed by atoms with Crippen molar-refractivity contribution in [3.8, 4) is 0 Å². The van der Waals surface area contributed by atoms with Gasteiger partial charge in [-0.2, -0.15) is 0 Å². The average molecular weight is 331 g/mol. The first-order chi connectivity index (χ1) is 11.5. The summed E-state index contributed by atoms with van der Waals surface area (Å²) in [5.74, 6) is 0.583. The quantitative estimate of drug-likeness (QED) is 0.840. The van der Waals surface area contributed by atoms with Crippen molar-refractivity contribution in [1.82, 2.24) is 15.5 Å². The van der Waals surface area contributed by atoms with Crippen molar-refractivity contribution in [1.29, 1.82) is 0 Å². The Hall–Kier alpha value is -1.88. The van der Waals surface area contributed by atoms with E-state index >= 15 is 0 Å². The molecule has 2 unspecified atom stereocenters. The largest absolute Gasteiger partial charge is 0.355 e. The molecule has 0 radical (unpaired) electrons. The highest BCUT2D eigenvalue weighted by atomic mass is 16.2. The summed E-state index contributed by atoms with van der Waals surface area (Å²) in [4.78, 5) is 25.8. The zero-order valence-corrected chi connectivity index (χ0v) is 15.0. The minimum absolute atomic E-state index is 0.0871. The van der Waals surface area contributed by atoms with Crippen molar-refractivity contribution < 1.29 is 9.59 Å². The average Bonchev–Trinajstić information content (AvgIpc) is 2.56. The summed E-state index contributed by atoms with van der Waals surface area (Å²) in [6.07, 6.45) is 4.79. The lowest BCUT2D eigenvalue weighted by Crippen LogP contribution is -2.44. The van der Waals surface area contributed by atoms with E-state index in [-0.39, 0.29) is 11.8 Å². The van der Waals surface area contributed by atoms with E-state index in [2.05, 4.69) is 17.6 Å². The van der Waals surface area contributed by atoms with Crippen LogP contribution in [0.4, 0.5) is 0 Å². The Labute approximate surface area is 144 Å². The van der Waals surface area contributed by atoms with Gasteiger partial charge in [-0.15, -0.1) is 0 Å². The minimum atomic E-state index is -0.0871. The molecule has 2 N–H and O–H groups in total. The van der Waals surface area contributed by atoms with E-state index in [1.165, 1.54) is 19.3 Å². The van der Waals surface area contributed by atoms with E-state index in [0.29, 0.717) is 30.6 Å². The number of hydrogen-bond donors (Lipinski definition) is 2. The molecule has 1 fully saturated rings. The number of nitrogens with one attached hydrogen (secondary N) is 2. The van der Waals surface area contributed by atoms with Gasteiger partial charge in [0.2, 0.25) is 5.91 Å². The van der Waals surface area contributed by atoms with Gasteiger partial charge in [0.25, 0.3) is 5.91 Å². The van der Waals surface area contributed by atoms with Gasteiger partial charge in [0.05, 0.1) is 6.54 Å². The Bertz CT molecular complexity index is 556. The molecule has 1 aliphatic carbocycles. The lowest BCUT2D eigenvalue weighted by Gasteiger charge is -2.30. The lowest BCUT2D eigenvalue weighted by atomic mass is 9.86. The zero-order chi connectivity index (χ0) is 17.5. The SMILES string of the molecule is CNC(=O)c1ccc(CN(C)CC(=O)NC2CCCCC2C)cc1. The first-order valence-corrected chi connectivity index (χ1v) is 8.78. The second kappa shape index (κ2) is 8.83. The van der Waals surface area contributed by atoms with Gasteiger partial charge in [0, 0.05) is 25.2 Å². The van der Waals surface area contributed by atoms with Crippen LogP contribution in [0.5, 0.6) is 0 Å². The van der Waals surface area contributed by atoms with Crippen LogP contribution >= 0.6 is 0 Å². The maximum atomic E-state index is 12.2. The molecule has 2 rings (SSSR count). The van der Waals surface area contributed by atoms with Crippen LogP contribution in [0.15, 0.2) is 24.3 Å². The number of hydrogen-bond acceptors (Lipinski definition) is 3. The number of likely N-dealkylation sites (N-methyl/N-ethyl adjacent to an activating group) is 1. The molecular formula is C19H29N3O2. The summed E-state index contributed by atoms with van der Waals surface area (Å²) in [7, 11) is 3.56. The van der Waals surface area contributed by atoms with Crippen LogP contribution in [-0.4, -0.2) is 43.4 Å². The molecule has 5 heteroatoms. The number of carbonyl (C=O) groups excluding carboxylic acids is 2. The Morgan fingerprint density at radius 2 is 1.83 bits per heavy atom. The molecule has 24 heavy (non-hydrogen) atoms. The highest BCUT2D eigenvalue weighted by Crippen LogP contribution is 2.23. The van der Waals surface area contributed by atoms with Gasteiger partial charge in [-0.05, 0) is 43.5 Å². The number of rotatable bonds is 6. The molecule has 1 aromatic carbocycles. The van der Waals surface area contributed by atoms with E-state index in [9.17, 15) is 9.59 Å². The summed E-state index contributed by atoms with van der Waals surface area (Å²) < 4.78 is 0. The molecule has 0 bridgehead atoms. The van der Waals surface area contributed by atoms with Crippen LogP contribution < -0.4 is 10.6 Å². The number of benzene rings is 1. The Kier molecular flexibility index (Phi) is 6.79. The third-order valence-corrected chi connectivity index (χ3v) is 4.77. The highest BCUT2D eigenvalue weighted by Gasteiger charge is 2.23. The first-order valence-electron chi connectivity index (χ1n) is 8.78. The maximum Gasteiger partial charge on any atom is 0.251 e. The fourth-order valence-electron chi connectivity index (χ4n) is 3.30. The Morgan fingerprint density at radius 3 is 2.46 bits per heavy atom. The summed E-state index contributed by atoms with van der Waals surface area (Å²) in [5.41, 5.74) is 1.73. The molecule has 1 aliphatic rings. The molecule has 0 spiro atoms. The molecule has 0 aromatic heterocycles. The molecule has 1 saturated carbocycles. The van der Waals surface area contributed by atoms with Crippen molar-refractivity contribution in [2.24, 2.45) is 5.92 Å². The smallest absolute Gasteiger partial charge is 0.251 e. The monoisotopic (exact) mass is 331 g/mol. The first kappa shape index (κ1) is 18.5. The summed E-state index contributed by atoms with van der Waals surface area (Å²) in [5, 5.41) is 5.79. The molecule has 132 valence electrons. The number of carbonyl (C=O) groups is 2. The standard InChI is InChI=1S/C19H29N3O2/c1-14-6-4-5-7-17(14)21-18(23)13-22(3)12-15-8-10-16(11-9-15)19(24)20-2/h8-11,14,17H,4-7,12-13H2,1-3H3,(H,20,24)(H,21,23). The molecule has 0 heterocycles. The Morgan fingerprint density at radius 1 is 1.17 bits per heavy atom. The molecule has 2 amide bonds. The zero-order valence-electron chi connectivity index (χ0n) is 15.0. The second-order valence-electron chi connectivity index (χ2n) is 6.88. The Balaban J connectivity index is 1.80. The molecule has 2 atom stereocenters. The van der Waals surface area contributed by atoms with E-state index in [1.807, 2.05) is 36.2 Å². The highest BCUT2D eigenvalue weighted by molar-refractivity contribution is 5.93. The lowest BCUT2D eigenvalue weighted by molar-refractivity contribution is -0.123. The minimum Gasteiger partial charge on any atom is -0.355 e. The van der Waals surface area contributed by atoms with Crippen LogP contribution in [0.2, 0.25) is 0 Å². The van der Waals surface area contributed by atoms with Gasteiger partial charge in [0.1, 0.15) is 0 Å². The van der Waals surface area contributed by atoms with Gasteiger partial charge in [0.15, 0.2) is 0 Å². The van der Waals surface area contributed by atoms with Gasteiger partial charge in [-0.25, -0.2) is 0 Å². The van der Waals surface area contributed by atoms with Crippen molar-refractivity contribution in [3.05, 3.63) is 35.4 Å². The normalized spacial score (nSPS) is 20.7. The van der Waals surface area contributed by atoms with E-state index < -0.39 is 0 Å². The third kappa shape index (κ3) is 5.34. The van der Waals surface area contributed by atoms with Crippen LogP contribution in [-0.2, 0) is 11.3 Å². The van der Waals surface area contributed by atoms with Crippen LogP contribution in [0.3, 0.4) is 0 Å². The van der Waals surface area contributed by atoms with Crippen LogP contribution in [0.25, 0.3) is 0 Å². The molecule has 0 aliphatic heterocycles. The van der Waals surface area contributed by atoms with Gasteiger partial charge in [-0.3, -0.25) is 14.5 Å². The fourth-order valence-corrected chi connectivity index (χ4v) is 3.30. The topological polar surface area (TPSA) is 61.4 Å². The van der Waals surface area contributed by atoms with Gasteiger partial charge in [-0.1, -0.05) is 31.9 Å². The third-order valence-electron chi connectivity index (χ3n) is 4.77. The fraction of sp³-hybridized carbons (Fsp3) is 0.579. The molecule has 5 nitrogen and oxygen atoms in total. The summed E-state index contributed by atoms with van der Waals surface area (Å²) in [6.45, 7) is 3.30. The predicted octanol–water partition coefficient (Wildman–Crippen LogP) is 2.17. The van der Waals surface area contributed by atoms with E-state index in [4.69, 9.17) is 0 Å². The van der Waals surface area contributed by atoms with Crippen molar-refractivity contribution in [3.63, 3.8) is 0 Å². The van der Waals surface area contributed by atoms with Crippen LogP contribution in [0.1, 0.15) is 48.5 Å². The summed E-state index contributed by atoms with van der Waals surface area (Å²) >= 11 is 0. The van der Waals surface area contributed by atoms with Crippen molar-refractivity contribution in [2.75, 3.05) is 20.6 Å². The number of amides is 2. The second-order valence-corrected chi connectivity index (χ2v) is 6.88. The maximum absolute atomic E-state index is 12.2. The van der Waals surface area contributed by atoms with Gasteiger partial charge < -0.3 is 10.6 Å². The summed E-state index contributed by atoms with van der Waals surface area (Å²) in [6, 6.07) is 7.81. The van der Waals surface area contributed by atoms with Gasteiger partial charge >= 0.3 is 0 Å². The molecule has 0 saturated heterocycles. The van der Waals surface area contributed by atoms with E-state index in [0.717, 1.165) is 12.0 Å². The number of nitrogens with zero attached hydrogens (tertiary/aromatic N) is 1.